The highest BCUT2D eigenvalue weighted by Crippen LogP contribution is 2.11. The zero-order chi connectivity index (χ0) is 7.56. The quantitative estimate of drug-likeness (QED) is 0.565. The van der Waals surface area contributed by atoms with Crippen molar-refractivity contribution in [2.45, 2.75) is 20.0 Å². The molecule has 1 rings (SSSR count). The van der Waals surface area contributed by atoms with Crippen molar-refractivity contribution in [2.24, 2.45) is 10.9 Å². The molecule has 1 atom stereocenters. The first-order chi connectivity index (χ1) is 4.74. The van der Waals surface area contributed by atoms with Gasteiger partial charge in [0.1, 0.15) is 6.10 Å². The molecule has 0 spiro atoms. The van der Waals surface area contributed by atoms with Crippen molar-refractivity contribution in [3.63, 3.8) is 0 Å². The molecule has 0 saturated carbocycles. The molecule has 1 aliphatic heterocycles. The van der Waals surface area contributed by atoms with Gasteiger partial charge in [0.15, 0.2) is 5.90 Å². The molecule has 2 nitrogen and oxygen atoms in total. The molecule has 0 radical (unpaired) electrons. The lowest BCUT2D eigenvalue weighted by Gasteiger charge is -2.08. The van der Waals surface area contributed by atoms with Gasteiger partial charge >= 0.3 is 0 Å². The van der Waals surface area contributed by atoms with Gasteiger partial charge in [-0.1, -0.05) is 13.8 Å². The van der Waals surface area contributed by atoms with Crippen LogP contribution in [0.1, 0.15) is 13.8 Å². The third-order valence-electron chi connectivity index (χ3n) is 1.40. The molecular formula is C7H12ClNO. The highest BCUT2D eigenvalue weighted by molar-refractivity contribution is 6.18. The Morgan fingerprint density at radius 3 is 2.80 bits per heavy atom. The van der Waals surface area contributed by atoms with E-state index in [-0.39, 0.29) is 6.10 Å². The van der Waals surface area contributed by atoms with E-state index >= 15 is 0 Å². The number of alkyl halides is 1. The maximum absolute atomic E-state index is 5.58. The van der Waals surface area contributed by atoms with Crippen LogP contribution in [-0.2, 0) is 4.74 Å². The molecular weight excluding hydrogens is 150 g/mol. The Hall–Kier alpha value is -0.240. The summed E-state index contributed by atoms with van der Waals surface area (Å²) in [5.41, 5.74) is 0. The number of aliphatic imine (C=N–C) groups is 1. The molecule has 0 N–H and O–H groups in total. The monoisotopic (exact) mass is 161 g/mol. The maximum Gasteiger partial charge on any atom is 0.186 e. The average Bonchev–Trinajstić information content (AvgIpc) is 2.34. The zero-order valence-electron chi connectivity index (χ0n) is 6.30. The summed E-state index contributed by atoms with van der Waals surface area (Å²) in [5, 5.41) is 0. The summed E-state index contributed by atoms with van der Waals surface area (Å²) >= 11 is 5.58. The first-order valence-electron chi connectivity index (χ1n) is 3.51. The van der Waals surface area contributed by atoms with Crippen molar-refractivity contribution >= 4 is 17.5 Å². The third-order valence-corrected chi connectivity index (χ3v) is 1.75. The summed E-state index contributed by atoms with van der Waals surface area (Å²) in [6, 6.07) is 0. The van der Waals surface area contributed by atoms with E-state index in [1.54, 1.807) is 0 Å². The van der Waals surface area contributed by atoms with Gasteiger partial charge in [-0.3, -0.25) is 4.99 Å². The minimum Gasteiger partial charge on any atom is -0.474 e. The number of hydrogen-bond acceptors (Lipinski definition) is 2. The van der Waals surface area contributed by atoms with Crippen LogP contribution in [-0.4, -0.2) is 24.4 Å². The highest BCUT2D eigenvalue weighted by atomic mass is 35.5. The molecule has 0 aromatic carbocycles. The highest BCUT2D eigenvalue weighted by Gasteiger charge is 2.20. The van der Waals surface area contributed by atoms with Crippen LogP contribution in [0, 0.1) is 5.92 Å². The first-order valence-corrected chi connectivity index (χ1v) is 4.04. The van der Waals surface area contributed by atoms with Crippen LogP contribution >= 0.6 is 11.6 Å². The van der Waals surface area contributed by atoms with Gasteiger partial charge in [0.05, 0.1) is 12.4 Å². The normalized spacial score (nSPS) is 24.8. The summed E-state index contributed by atoms with van der Waals surface area (Å²) in [6.07, 6.45) is 0.124. The Bertz CT molecular complexity index is 145. The van der Waals surface area contributed by atoms with E-state index in [1.807, 2.05) is 0 Å². The van der Waals surface area contributed by atoms with E-state index in [1.165, 1.54) is 0 Å². The molecule has 0 saturated heterocycles. The van der Waals surface area contributed by atoms with E-state index in [0.29, 0.717) is 11.8 Å². The Morgan fingerprint density at radius 1 is 1.80 bits per heavy atom. The number of halogens is 1. The summed E-state index contributed by atoms with van der Waals surface area (Å²) in [6.45, 7) is 4.86. The summed E-state index contributed by atoms with van der Waals surface area (Å²) in [4.78, 5) is 4.20. The molecule has 1 heterocycles. The van der Waals surface area contributed by atoms with Crippen molar-refractivity contribution < 1.29 is 4.74 Å². The molecule has 0 bridgehead atoms. The fourth-order valence-electron chi connectivity index (χ4n) is 0.836. The third kappa shape index (κ3) is 1.63. The van der Waals surface area contributed by atoms with Crippen molar-refractivity contribution in [1.29, 1.82) is 0 Å². The fourth-order valence-corrected chi connectivity index (χ4v) is 0.997. The second-order valence-corrected chi connectivity index (χ2v) is 3.04. The Labute approximate surface area is 66.2 Å². The molecule has 1 unspecified atom stereocenters. The Kier molecular flexibility index (Phi) is 2.55. The smallest absolute Gasteiger partial charge is 0.186 e. The lowest BCUT2D eigenvalue weighted by Crippen LogP contribution is -2.16. The Morgan fingerprint density at radius 2 is 2.50 bits per heavy atom. The van der Waals surface area contributed by atoms with Gasteiger partial charge in [-0.25, -0.2) is 0 Å². The molecule has 0 aliphatic carbocycles. The predicted molar refractivity (Wildman–Crippen MR) is 42.7 cm³/mol. The van der Waals surface area contributed by atoms with E-state index in [2.05, 4.69) is 18.8 Å². The van der Waals surface area contributed by atoms with Gasteiger partial charge in [0.2, 0.25) is 0 Å². The van der Waals surface area contributed by atoms with Crippen LogP contribution in [0.3, 0.4) is 0 Å². The van der Waals surface area contributed by atoms with Gasteiger partial charge in [0.25, 0.3) is 0 Å². The van der Waals surface area contributed by atoms with Crippen molar-refractivity contribution in [3.8, 4) is 0 Å². The van der Waals surface area contributed by atoms with Crippen molar-refractivity contribution in [3.05, 3.63) is 0 Å². The van der Waals surface area contributed by atoms with Gasteiger partial charge in [-0.05, 0) is 0 Å². The van der Waals surface area contributed by atoms with Crippen LogP contribution in [0.4, 0.5) is 0 Å². The molecule has 10 heavy (non-hydrogen) atoms. The largest absolute Gasteiger partial charge is 0.474 e. The second-order valence-electron chi connectivity index (χ2n) is 2.73. The van der Waals surface area contributed by atoms with E-state index in [0.717, 1.165) is 12.4 Å². The summed E-state index contributed by atoms with van der Waals surface area (Å²) in [5.74, 6) is 1.79. The predicted octanol–water partition coefficient (Wildman–Crippen LogP) is 1.68. The molecule has 0 fully saturated rings. The minimum absolute atomic E-state index is 0.124. The van der Waals surface area contributed by atoms with Gasteiger partial charge in [-0.2, -0.15) is 0 Å². The van der Waals surface area contributed by atoms with Crippen LogP contribution in [0.15, 0.2) is 4.99 Å². The van der Waals surface area contributed by atoms with Crippen LogP contribution in [0.25, 0.3) is 0 Å². The van der Waals surface area contributed by atoms with E-state index in [4.69, 9.17) is 16.3 Å². The number of rotatable bonds is 2. The van der Waals surface area contributed by atoms with Crippen LogP contribution < -0.4 is 0 Å². The zero-order valence-corrected chi connectivity index (χ0v) is 7.06. The number of ether oxygens (including phenoxy) is 1. The van der Waals surface area contributed by atoms with E-state index in [9.17, 15) is 0 Å². The Balaban J connectivity index is 2.39. The molecule has 3 heteroatoms. The molecule has 58 valence electrons. The van der Waals surface area contributed by atoms with Crippen LogP contribution in [0.2, 0.25) is 0 Å². The van der Waals surface area contributed by atoms with Crippen molar-refractivity contribution in [2.75, 3.05) is 12.4 Å². The van der Waals surface area contributed by atoms with Gasteiger partial charge < -0.3 is 4.74 Å². The van der Waals surface area contributed by atoms with Crippen molar-refractivity contribution in [1.82, 2.24) is 0 Å². The van der Waals surface area contributed by atoms with Crippen LogP contribution in [0.5, 0.6) is 0 Å². The summed E-state index contributed by atoms with van der Waals surface area (Å²) < 4.78 is 5.39. The lowest BCUT2D eigenvalue weighted by molar-refractivity contribution is 0.236. The molecule has 0 aromatic heterocycles. The minimum atomic E-state index is 0.124. The standard InChI is InChI=1S/C7H12ClNO/c1-5(2)7-9-4-6(3-8)10-7/h5-6H,3-4H2,1-2H3. The lowest BCUT2D eigenvalue weighted by atomic mass is 10.2. The first kappa shape index (κ1) is 7.86. The van der Waals surface area contributed by atoms with E-state index < -0.39 is 0 Å². The topological polar surface area (TPSA) is 21.6 Å². The average molecular weight is 162 g/mol. The fraction of sp³-hybridized carbons (Fsp3) is 0.857. The number of hydrogen-bond donors (Lipinski definition) is 0. The SMILES string of the molecule is CC(C)C1=NCC(CCl)O1. The second kappa shape index (κ2) is 3.24. The van der Waals surface area contributed by atoms with Gasteiger partial charge in [0, 0.05) is 5.92 Å². The molecule has 1 aliphatic rings. The molecule has 0 aromatic rings. The van der Waals surface area contributed by atoms with Gasteiger partial charge in [-0.15, -0.1) is 11.6 Å². The number of nitrogens with zero attached hydrogens (tertiary/aromatic N) is 1. The maximum atomic E-state index is 5.58. The molecule has 0 amide bonds. The summed E-state index contributed by atoms with van der Waals surface area (Å²) in [7, 11) is 0.